The van der Waals surface area contributed by atoms with Crippen LogP contribution in [0.4, 0.5) is 5.69 Å². The van der Waals surface area contributed by atoms with Gasteiger partial charge in [-0.25, -0.2) is 0 Å². The highest BCUT2D eigenvalue weighted by Crippen LogP contribution is 2.35. The highest BCUT2D eigenvalue weighted by molar-refractivity contribution is 6.37. The van der Waals surface area contributed by atoms with Crippen molar-refractivity contribution in [3.63, 3.8) is 0 Å². The quantitative estimate of drug-likeness (QED) is 0.937. The number of rotatable bonds is 4. The molecule has 0 fully saturated rings. The van der Waals surface area contributed by atoms with Crippen molar-refractivity contribution in [1.82, 2.24) is 5.16 Å². The number of halogens is 2. The first-order chi connectivity index (χ1) is 9.55. The number of ether oxygens (including phenoxy) is 2. The normalized spacial score (nSPS) is 10.2. The molecule has 0 unspecified atom stereocenters. The van der Waals surface area contributed by atoms with Gasteiger partial charge in [-0.3, -0.25) is 4.79 Å². The standard InChI is InChI=1S/C12H10Cl2N2O4/c1-18-10-5-9(20-16-10)12(17)15-6-3-7(13)11(19-2)8(14)4-6/h3-5H,1-2H3,(H,15,17). The third kappa shape index (κ3) is 2.97. The van der Waals surface area contributed by atoms with Gasteiger partial charge in [0.05, 0.1) is 30.3 Å². The van der Waals surface area contributed by atoms with E-state index in [2.05, 4.69) is 10.5 Å². The molecule has 1 aromatic carbocycles. The molecule has 0 bridgehead atoms. The highest BCUT2D eigenvalue weighted by atomic mass is 35.5. The molecule has 1 heterocycles. The average molecular weight is 317 g/mol. The number of nitrogens with zero attached hydrogens (tertiary/aromatic N) is 1. The first kappa shape index (κ1) is 14.5. The molecule has 0 spiro atoms. The molecule has 2 rings (SSSR count). The molecule has 0 saturated carbocycles. The maximum atomic E-state index is 11.9. The molecule has 2 aromatic rings. The lowest BCUT2D eigenvalue weighted by Gasteiger charge is -2.09. The van der Waals surface area contributed by atoms with E-state index in [1.165, 1.54) is 32.4 Å². The predicted molar refractivity (Wildman–Crippen MR) is 74.0 cm³/mol. The van der Waals surface area contributed by atoms with E-state index in [0.29, 0.717) is 11.4 Å². The van der Waals surface area contributed by atoms with Crippen molar-refractivity contribution in [2.75, 3.05) is 19.5 Å². The van der Waals surface area contributed by atoms with Gasteiger partial charge >= 0.3 is 0 Å². The van der Waals surface area contributed by atoms with Gasteiger partial charge in [0.15, 0.2) is 5.75 Å². The summed E-state index contributed by atoms with van der Waals surface area (Å²) in [7, 11) is 2.87. The van der Waals surface area contributed by atoms with Gasteiger partial charge in [-0.2, -0.15) is 0 Å². The van der Waals surface area contributed by atoms with Gasteiger partial charge in [-0.1, -0.05) is 23.2 Å². The Morgan fingerprint density at radius 3 is 2.35 bits per heavy atom. The molecule has 0 aliphatic heterocycles. The van der Waals surface area contributed by atoms with Gasteiger partial charge in [-0.05, 0) is 17.3 Å². The van der Waals surface area contributed by atoms with Crippen LogP contribution in [0, 0.1) is 0 Å². The Kier molecular flexibility index (Phi) is 4.36. The summed E-state index contributed by atoms with van der Waals surface area (Å²) in [5.41, 5.74) is 0.404. The Labute approximate surface area is 124 Å². The molecule has 0 aliphatic rings. The zero-order valence-electron chi connectivity index (χ0n) is 10.6. The van der Waals surface area contributed by atoms with E-state index < -0.39 is 5.91 Å². The number of methoxy groups -OCH3 is 2. The van der Waals surface area contributed by atoms with E-state index >= 15 is 0 Å². The third-order valence-corrected chi connectivity index (χ3v) is 2.94. The van der Waals surface area contributed by atoms with Crippen molar-refractivity contribution >= 4 is 34.8 Å². The van der Waals surface area contributed by atoms with Crippen LogP contribution in [0.5, 0.6) is 11.6 Å². The van der Waals surface area contributed by atoms with E-state index in [1.807, 2.05) is 0 Å². The summed E-state index contributed by atoms with van der Waals surface area (Å²) >= 11 is 11.9. The molecule has 0 radical (unpaired) electrons. The monoisotopic (exact) mass is 316 g/mol. The van der Waals surface area contributed by atoms with Crippen LogP contribution in [0.2, 0.25) is 10.0 Å². The predicted octanol–water partition coefficient (Wildman–Crippen LogP) is 3.25. The SMILES string of the molecule is COc1cc(C(=O)Nc2cc(Cl)c(OC)c(Cl)c2)on1. The van der Waals surface area contributed by atoms with Crippen molar-refractivity contribution in [2.24, 2.45) is 0 Å². The molecule has 20 heavy (non-hydrogen) atoms. The summed E-state index contributed by atoms with van der Waals surface area (Å²) in [5.74, 6) is 0.0524. The molecule has 1 aromatic heterocycles. The van der Waals surface area contributed by atoms with E-state index in [1.54, 1.807) is 0 Å². The number of carbonyl (C=O) groups excluding carboxylic acids is 1. The van der Waals surface area contributed by atoms with Gasteiger partial charge in [0.1, 0.15) is 0 Å². The van der Waals surface area contributed by atoms with Gasteiger partial charge in [0.2, 0.25) is 5.76 Å². The fourth-order valence-electron chi connectivity index (χ4n) is 1.48. The molecule has 6 nitrogen and oxygen atoms in total. The van der Waals surface area contributed by atoms with Crippen molar-refractivity contribution in [3.05, 3.63) is 34.0 Å². The fraction of sp³-hybridized carbons (Fsp3) is 0.167. The largest absolute Gasteiger partial charge is 0.494 e. The summed E-state index contributed by atoms with van der Waals surface area (Å²) in [4.78, 5) is 11.9. The number of nitrogens with one attached hydrogen (secondary N) is 1. The number of hydrogen-bond acceptors (Lipinski definition) is 5. The smallest absolute Gasteiger partial charge is 0.294 e. The van der Waals surface area contributed by atoms with Gasteiger partial charge in [-0.15, -0.1) is 0 Å². The molecular formula is C12H10Cl2N2O4. The summed E-state index contributed by atoms with van der Waals surface area (Å²) in [5, 5.41) is 6.67. The molecule has 8 heteroatoms. The summed E-state index contributed by atoms with van der Waals surface area (Å²) in [6.45, 7) is 0. The average Bonchev–Trinajstić information content (AvgIpc) is 2.87. The molecule has 1 amide bonds. The second kappa shape index (κ2) is 6.02. The highest BCUT2D eigenvalue weighted by Gasteiger charge is 2.15. The molecular weight excluding hydrogens is 307 g/mol. The number of hydrogen-bond donors (Lipinski definition) is 1. The van der Waals surface area contributed by atoms with Gasteiger partial charge in [0.25, 0.3) is 11.8 Å². The first-order valence-electron chi connectivity index (χ1n) is 5.40. The molecule has 0 aliphatic carbocycles. The zero-order valence-corrected chi connectivity index (χ0v) is 12.1. The van der Waals surface area contributed by atoms with E-state index in [-0.39, 0.29) is 21.7 Å². The summed E-state index contributed by atoms with van der Waals surface area (Å²) in [6, 6.07) is 4.39. The Bertz CT molecular complexity index is 619. The van der Waals surface area contributed by atoms with Crippen LogP contribution in [-0.4, -0.2) is 25.3 Å². The van der Waals surface area contributed by atoms with Gasteiger partial charge in [0, 0.05) is 5.69 Å². The lowest BCUT2D eigenvalue weighted by molar-refractivity contribution is 0.0987. The minimum absolute atomic E-state index is 0.00455. The molecule has 106 valence electrons. The number of carbonyl (C=O) groups is 1. The molecule has 0 saturated heterocycles. The summed E-state index contributed by atoms with van der Waals surface area (Å²) < 4.78 is 14.7. The van der Waals surface area contributed by atoms with Crippen LogP contribution in [0.25, 0.3) is 0 Å². The third-order valence-electron chi connectivity index (χ3n) is 2.38. The van der Waals surface area contributed by atoms with Crippen LogP contribution in [0.15, 0.2) is 22.7 Å². The lowest BCUT2D eigenvalue weighted by atomic mass is 10.3. The number of aromatic nitrogens is 1. The minimum Gasteiger partial charge on any atom is -0.494 e. The van der Waals surface area contributed by atoms with Crippen molar-refractivity contribution in [1.29, 1.82) is 0 Å². The van der Waals surface area contributed by atoms with Crippen LogP contribution in [0.1, 0.15) is 10.6 Å². The maximum Gasteiger partial charge on any atom is 0.294 e. The zero-order chi connectivity index (χ0) is 14.7. The fourth-order valence-corrected chi connectivity index (χ4v) is 2.12. The number of amides is 1. The Balaban J connectivity index is 2.19. The van der Waals surface area contributed by atoms with E-state index in [0.717, 1.165) is 0 Å². The van der Waals surface area contributed by atoms with Crippen LogP contribution >= 0.6 is 23.2 Å². The lowest BCUT2D eigenvalue weighted by Crippen LogP contribution is -2.11. The van der Waals surface area contributed by atoms with E-state index in [9.17, 15) is 4.79 Å². The minimum atomic E-state index is -0.502. The van der Waals surface area contributed by atoms with Gasteiger partial charge < -0.3 is 19.3 Å². The van der Waals surface area contributed by atoms with Crippen molar-refractivity contribution < 1.29 is 18.8 Å². The summed E-state index contributed by atoms with van der Waals surface area (Å²) in [6.07, 6.45) is 0. The number of benzene rings is 1. The van der Waals surface area contributed by atoms with Crippen LogP contribution in [0.3, 0.4) is 0 Å². The van der Waals surface area contributed by atoms with E-state index in [4.69, 9.17) is 37.2 Å². The van der Waals surface area contributed by atoms with Crippen LogP contribution < -0.4 is 14.8 Å². The Hall–Kier alpha value is -1.92. The Morgan fingerprint density at radius 1 is 1.20 bits per heavy atom. The van der Waals surface area contributed by atoms with Crippen LogP contribution in [-0.2, 0) is 0 Å². The number of anilines is 1. The second-order valence-electron chi connectivity index (χ2n) is 3.66. The van der Waals surface area contributed by atoms with Crippen molar-refractivity contribution in [2.45, 2.75) is 0 Å². The molecule has 1 N–H and O–H groups in total. The molecule has 0 atom stereocenters. The first-order valence-corrected chi connectivity index (χ1v) is 6.16. The topological polar surface area (TPSA) is 73.6 Å². The second-order valence-corrected chi connectivity index (χ2v) is 4.48. The maximum absolute atomic E-state index is 11.9. The Morgan fingerprint density at radius 2 is 1.85 bits per heavy atom. The van der Waals surface area contributed by atoms with Crippen molar-refractivity contribution in [3.8, 4) is 11.6 Å².